The van der Waals surface area contributed by atoms with Gasteiger partial charge in [-0.05, 0) is 61.2 Å². The molecular formula is C16H18ClNO. The molecule has 2 aromatic carbocycles. The highest BCUT2D eigenvalue weighted by Crippen LogP contribution is 2.25. The van der Waals surface area contributed by atoms with Crippen LogP contribution in [0.15, 0.2) is 30.3 Å². The lowest BCUT2D eigenvalue weighted by Gasteiger charge is -2.12. The Hall–Kier alpha value is -1.67. The highest BCUT2D eigenvalue weighted by molar-refractivity contribution is 6.31. The van der Waals surface area contributed by atoms with E-state index < -0.39 is 0 Å². The van der Waals surface area contributed by atoms with Crippen molar-refractivity contribution in [2.24, 2.45) is 0 Å². The van der Waals surface area contributed by atoms with E-state index in [0.29, 0.717) is 12.3 Å². The van der Waals surface area contributed by atoms with E-state index in [9.17, 15) is 5.11 Å². The van der Waals surface area contributed by atoms with E-state index in [1.807, 2.05) is 39.0 Å². The first-order valence-corrected chi connectivity index (χ1v) is 6.64. The second kappa shape index (κ2) is 5.54. The molecule has 2 nitrogen and oxygen atoms in total. The molecule has 0 amide bonds. The van der Waals surface area contributed by atoms with E-state index in [1.165, 1.54) is 0 Å². The molecule has 19 heavy (non-hydrogen) atoms. The van der Waals surface area contributed by atoms with Gasteiger partial charge in [0.2, 0.25) is 0 Å². The van der Waals surface area contributed by atoms with Gasteiger partial charge in [-0.25, -0.2) is 0 Å². The standard InChI is InChI=1S/C16H18ClNO/c1-10-4-5-13(8-14(10)17)9-18-15-6-12(3)16(19)7-11(15)2/h4-8,18-19H,9H2,1-3H3. The van der Waals surface area contributed by atoms with Crippen LogP contribution in [-0.4, -0.2) is 5.11 Å². The van der Waals surface area contributed by atoms with Crippen LogP contribution in [-0.2, 0) is 6.54 Å². The van der Waals surface area contributed by atoms with Gasteiger partial charge in [-0.15, -0.1) is 0 Å². The van der Waals surface area contributed by atoms with Gasteiger partial charge in [0.1, 0.15) is 5.75 Å². The average Bonchev–Trinajstić information content (AvgIpc) is 2.36. The van der Waals surface area contributed by atoms with Gasteiger partial charge in [-0.3, -0.25) is 0 Å². The third-order valence-electron chi connectivity index (χ3n) is 3.26. The number of halogens is 1. The minimum absolute atomic E-state index is 0.335. The molecular weight excluding hydrogens is 258 g/mol. The summed E-state index contributed by atoms with van der Waals surface area (Å²) in [4.78, 5) is 0. The number of hydrogen-bond acceptors (Lipinski definition) is 2. The molecule has 0 aliphatic rings. The molecule has 0 atom stereocenters. The second-order valence-corrected chi connectivity index (χ2v) is 5.30. The molecule has 100 valence electrons. The number of benzene rings is 2. The molecule has 0 bridgehead atoms. The zero-order valence-electron chi connectivity index (χ0n) is 11.4. The van der Waals surface area contributed by atoms with Gasteiger partial charge in [0, 0.05) is 17.3 Å². The van der Waals surface area contributed by atoms with Crippen molar-refractivity contribution < 1.29 is 5.11 Å². The number of rotatable bonds is 3. The molecule has 0 aromatic heterocycles. The van der Waals surface area contributed by atoms with Crippen LogP contribution in [0.2, 0.25) is 5.02 Å². The molecule has 0 radical (unpaired) electrons. The number of aromatic hydroxyl groups is 1. The molecule has 2 N–H and O–H groups in total. The van der Waals surface area contributed by atoms with Crippen LogP contribution in [0.25, 0.3) is 0 Å². The quantitative estimate of drug-likeness (QED) is 0.804. The van der Waals surface area contributed by atoms with Crippen LogP contribution in [0, 0.1) is 20.8 Å². The fourth-order valence-electron chi connectivity index (χ4n) is 1.94. The van der Waals surface area contributed by atoms with E-state index in [-0.39, 0.29) is 0 Å². The first-order valence-electron chi connectivity index (χ1n) is 6.26. The Morgan fingerprint density at radius 3 is 2.42 bits per heavy atom. The van der Waals surface area contributed by atoms with Gasteiger partial charge in [0.25, 0.3) is 0 Å². The number of phenols is 1. The molecule has 0 saturated carbocycles. The predicted molar refractivity (Wildman–Crippen MR) is 81.1 cm³/mol. The molecule has 3 heteroatoms. The molecule has 0 aliphatic carbocycles. The van der Waals surface area contributed by atoms with E-state index in [1.54, 1.807) is 6.07 Å². The lowest BCUT2D eigenvalue weighted by Crippen LogP contribution is -2.01. The zero-order valence-corrected chi connectivity index (χ0v) is 12.2. The van der Waals surface area contributed by atoms with Gasteiger partial charge < -0.3 is 10.4 Å². The average molecular weight is 276 g/mol. The smallest absolute Gasteiger partial charge is 0.118 e. The van der Waals surface area contributed by atoms with E-state index in [2.05, 4.69) is 11.4 Å². The van der Waals surface area contributed by atoms with Crippen LogP contribution in [0.1, 0.15) is 22.3 Å². The van der Waals surface area contributed by atoms with Gasteiger partial charge in [0.15, 0.2) is 0 Å². The number of phenolic OH excluding ortho intramolecular Hbond substituents is 1. The van der Waals surface area contributed by atoms with Crippen LogP contribution >= 0.6 is 11.6 Å². The summed E-state index contributed by atoms with van der Waals surface area (Å²) in [6, 6.07) is 9.80. The Labute approximate surface area is 119 Å². The molecule has 2 aromatic rings. The van der Waals surface area contributed by atoms with Crippen molar-refractivity contribution in [1.82, 2.24) is 0 Å². The SMILES string of the molecule is Cc1cc(NCc2ccc(C)c(Cl)c2)c(C)cc1O. The fraction of sp³-hybridized carbons (Fsp3) is 0.250. The normalized spacial score (nSPS) is 10.5. The number of aryl methyl sites for hydroxylation is 3. The molecule has 0 heterocycles. The summed E-state index contributed by atoms with van der Waals surface area (Å²) in [5, 5.41) is 13.8. The Morgan fingerprint density at radius 2 is 1.74 bits per heavy atom. The minimum Gasteiger partial charge on any atom is -0.508 e. The maximum absolute atomic E-state index is 9.63. The second-order valence-electron chi connectivity index (χ2n) is 4.89. The van der Waals surface area contributed by atoms with Crippen molar-refractivity contribution in [1.29, 1.82) is 0 Å². The summed E-state index contributed by atoms with van der Waals surface area (Å²) in [6.45, 7) is 6.57. The summed E-state index contributed by atoms with van der Waals surface area (Å²) in [5.74, 6) is 0.335. The minimum atomic E-state index is 0.335. The molecule has 0 unspecified atom stereocenters. The number of anilines is 1. The largest absolute Gasteiger partial charge is 0.508 e. The van der Waals surface area contributed by atoms with Gasteiger partial charge in [0.05, 0.1) is 0 Å². The topological polar surface area (TPSA) is 32.3 Å². The van der Waals surface area contributed by atoms with Crippen molar-refractivity contribution in [3.05, 3.63) is 57.6 Å². The summed E-state index contributed by atoms with van der Waals surface area (Å²) in [6.07, 6.45) is 0. The van der Waals surface area contributed by atoms with Crippen molar-refractivity contribution >= 4 is 17.3 Å². The van der Waals surface area contributed by atoms with Crippen molar-refractivity contribution in [3.8, 4) is 5.75 Å². The molecule has 0 saturated heterocycles. The van der Waals surface area contributed by atoms with Crippen LogP contribution in [0.5, 0.6) is 5.75 Å². The van der Waals surface area contributed by atoms with Crippen LogP contribution in [0.3, 0.4) is 0 Å². The predicted octanol–water partition coefficient (Wildman–Crippen LogP) is 4.58. The maximum Gasteiger partial charge on any atom is 0.118 e. The van der Waals surface area contributed by atoms with Gasteiger partial charge in [-0.2, -0.15) is 0 Å². The monoisotopic (exact) mass is 275 g/mol. The van der Waals surface area contributed by atoms with Crippen molar-refractivity contribution in [2.45, 2.75) is 27.3 Å². The lowest BCUT2D eigenvalue weighted by molar-refractivity contribution is 0.471. The Morgan fingerprint density at radius 1 is 1.00 bits per heavy atom. The Kier molecular flexibility index (Phi) is 4.01. The van der Waals surface area contributed by atoms with Crippen LogP contribution < -0.4 is 5.32 Å². The highest BCUT2D eigenvalue weighted by atomic mass is 35.5. The molecule has 0 fully saturated rings. The summed E-state index contributed by atoms with van der Waals surface area (Å²) >= 11 is 6.11. The third-order valence-corrected chi connectivity index (χ3v) is 3.67. The number of hydrogen-bond donors (Lipinski definition) is 2. The summed E-state index contributed by atoms with van der Waals surface area (Å²) in [5.41, 5.74) is 5.16. The first kappa shape index (κ1) is 13.8. The van der Waals surface area contributed by atoms with E-state index in [0.717, 1.165) is 33.0 Å². The molecule has 2 rings (SSSR count). The lowest BCUT2D eigenvalue weighted by atomic mass is 10.1. The van der Waals surface area contributed by atoms with Crippen molar-refractivity contribution in [2.75, 3.05) is 5.32 Å². The van der Waals surface area contributed by atoms with Gasteiger partial charge >= 0.3 is 0 Å². The highest BCUT2D eigenvalue weighted by Gasteiger charge is 2.04. The fourth-order valence-corrected chi connectivity index (χ4v) is 2.14. The Bertz CT molecular complexity index is 608. The summed E-state index contributed by atoms with van der Waals surface area (Å²) in [7, 11) is 0. The zero-order chi connectivity index (χ0) is 14.0. The first-order chi connectivity index (χ1) is 8.97. The van der Waals surface area contributed by atoms with E-state index >= 15 is 0 Å². The molecule has 0 spiro atoms. The van der Waals surface area contributed by atoms with Gasteiger partial charge in [-0.1, -0.05) is 23.7 Å². The number of nitrogens with one attached hydrogen (secondary N) is 1. The molecule has 0 aliphatic heterocycles. The van der Waals surface area contributed by atoms with E-state index in [4.69, 9.17) is 11.6 Å². The Balaban J connectivity index is 2.14. The summed E-state index contributed by atoms with van der Waals surface area (Å²) < 4.78 is 0. The van der Waals surface area contributed by atoms with Crippen LogP contribution in [0.4, 0.5) is 5.69 Å². The maximum atomic E-state index is 9.63. The third kappa shape index (κ3) is 3.21. The van der Waals surface area contributed by atoms with Crippen molar-refractivity contribution in [3.63, 3.8) is 0 Å².